The third-order valence-corrected chi connectivity index (χ3v) is 5.23. The number of hydrogen-bond donors (Lipinski definition) is 1. The molecule has 1 amide bonds. The number of methoxy groups -OCH3 is 1. The minimum Gasteiger partial charge on any atom is -0.496 e. The van der Waals surface area contributed by atoms with Gasteiger partial charge in [0.1, 0.15) is 5.75 Å². The molecule has 2 heterocycles. The molecule has 4 nitrogen and oxygen atoms in total. The molecule has 0 saturated carbocycles. The molecule has 0 unspecified atom stereocenters. The Morgan fingerprint density at radius 2 is 2.04 bits per heavy atom. The van der Waals surface area contributed by atoms with Crippen LogP contribution in [-0.2, 0) is 0 Å². The van der Waals surface area contributed by atoms with Crippen LogP contribution in [0.2, 0.25) is 0 Å². The number of carbonyl (C=O) groups is 1. The Kier molecular flexibility index (Phi) is 5.31. The molecule has 1 saturated heterocycles. The molecular weight excluding hydrogens is 308 g/mol. The van der Waals surface area contributed by atoms with Gasteiger partial charge in [-0.3, -0.25) is 9.69 Å². The molecule has 0 spiro atoms. The van der Waals surface area contributed by atoms with Crippen molar-refractivity contribution in [2.24, 2.45) is 0 Å². The summed E-state index contributed by atoms with van der Waals surface area (Å²) < 4.78 is 5.28. The summed E-state index contributed by atoms with van der Waals surface area (Å²) in [6, 6.07) is 11.8. The fourth-order valence-electron chi connectivity index (χ4n) is 3.06. The second-order valence-electron chi connectivity index (χ2n) is 5.68. The number of ether oxygens (including phenoxy) is 1. The second-order valence-corrected chi connectivity index (χ2v) is 6.66. The molecule has 1 N–H and O–H groups in total. The van der Waals surface area contributed by atoms with Crippen LogP contribution in [0.5, 0.6) is 5.75 Å². The molecule has 1 aliphatic rings. The highest BCUT2D eigenvalue weighted by Gasteiger charge is 2.25. The molecule has 1 aromatic heterocycles. The van der Waals surface area contributed by atoms with Gasteiger partial charge in [0.05, 0.1) is 18.7 Å². The molecule has 5 heteroatoms. The molecule has 1 aliphatic heterocycles. The minimum atomic E-state index is -0.0804. The minimum absolute atomic E-state index is 0.0804. The largest absolute Gasteiger partial charge is 0.496 e. The number of nitrogens with zero attached hydrogens (tertiary/aromatic N) is 1. The van der Waals surface area contributed by atoms with Gasteiger partial charge >= 0.3 is 0 Å². The van der Waals surface area contributed by atoms with Crippen LogP contribution in [0, 0.1) is 0 Å². The summed E-state index contributed by atoms with van der Waals surface area (Å²) in [4.78, 5) is 16.3. The Labute approximate surface area is 141 Å². The summed E-state index contributed by atoms with van der Waals surface area (Å²) in [5.74, 6) is 0.530. The van der Waals surface area contributed by atoms with Crippen molar-refractivity contribution >= 4 is 17.2 Å². The monoisotopic (exact) mass is 330 g/mol. The SMILES string of the molecule is COc1ccccc1C(=O)NC[C@H](c1cccs1)N1CCCC1. The molecule has 122 valence electrons. The van der Waals surface area contributed by atoms with Crippen molar-refractivity contribution in [2.45, 2.75) is 18.9 Å². The van der Waals surface area contributed by atoms with E-state index in [0.717, 1.165) is 13.1 Å². The van der Waals surface area contributed by atoms with Crippen molar-refractivity contribution in [3.63, 3.8) is 0 Å². The van der Waals surface area contributed by atoms with E-state index in [1.54, 1.807) is 24.5 Å². The number of nitrogens with one attached hydrogen (secondary N) is 1. The summed E-state index contributed by atoms with van der Waals surface area (Å²) in [5, 5.41) is 5.18. The van der Waals surface area contributed by atoms with Crippen molar-refractivity contribution in [1.29, 1.82) is 0 Å². The van der Waals surface area contributed by atoms with Crippen LogP contribution >= 0.6 is 11.3 Å². The van der Waals surface area contributed by atoms with Gasteiger partial charge in [0.2, 0.25) is 0 Å². The number of carbonyl (C=O) groups excluding carboxylic acids is 1. The van der Waals surface area contributed by atoms with Crippen molar-refractivity contribution < 1.29 is 9.53 Å². The van der Waals surface area contributed by atoms with E-state index in [9.17, 15) is 4.79 Å². The third-order valence-electron chi connectivity index (χ3n) is 4.26. The van der Waals surface area contributed by atoms with Crippen molar-refractivity contribution in [3.8, 4) is 5.75 Å². The lowest BCUT2D eigenvalue weighted by atomic mass is 10.1. The van der Waals surface area contributed by atoms with Gasteiger partial charge in [-0.25, -0.2) is 0 Å². The first-order valence-electron chi connectivity index (χ1n) is 7.98. The standard InChI is InChI=1S/C18H22N2O2S/c1-22-16-8-3-2-7-14(16)18(21)19-13-15(17-9-6-12-23-17)20-10-4-5-11-20/h2-3,6-9,12,15H,4-5,10-11,13H2,1H3,(H,19,21)/t15-/m1/s1. The van der Waals surface area contributed by atoms with Crippen LogP contribution in [0.4, 0.5) is 0 Å². The highest BCUT2D eigenvalue weighted by atomic mass is 32.1. The molecule has 23 heavy (non-hydrogen) atoms. The van der Waals surface area contributed by atoms with E-state index in [-0.39, 0.29) is 11.9 Å². The van der Waals surface area contributed by atoms with Crippen molar-refractivity contribution in [3.05, 3.63) is 52.2 Å². The molecule has 1 aromatic carbocycles. The molecular formula is C18H22N2O2S. The lowest BCUT2D eigenvalue weighted by Crippen LogP contribution is -2.36. The smallest absolute Gasteiger partial charge is 0.255 e. The third kappa shape index (κ3) is 3.74. The predicted molar refractivity (Wildman–Crippen MR) is 93.2 cm³/mol. The molecule has 0 aliphatic carbocycles. The fourth-order valence-corrected chi connectivity index (χ4v) is 3.92. The number of rotatable bonds is 6. The summed E-state index contributed by atoms with van der Waals surface area (Å²) >= 11 is 1.76. The van der Waals surface area contributed by atoms with E-state index in [4.69, 9.17) is 4.74 Å². The molecule has 0 bridgehead atoms. The zero-order chi connectivity index (χ0) is 16.1. The Morgan fingerprint density at radius 3 is 2.74 bits per heavy atom. The van der Waals surface area contributed by atoms with Gasteiger partial charge in [0.15, 0.2) is 0 Å². The molecule has 0 radical (unpaired) electrons. The van der Waals surface area contributed by atoms with Gasteiger partial charge < -0.3 is 10.1 Å². The number of hydrogen-bond acceptors (Lipinski definition) is 4. The van der Waals surface area contributed by atoms with Crippen molar-refractivity contribution in [1.82, 2.24) is 10.2 Å². The van der Waals surface area contributed by atoms with E-state index in [2.05, 4.69) is 27.7 Å². The van der Waals surface area contributed by atoms with Gasteiger partial charge in [0, 0.05) is 11.4 Å². The summed E-state index contributed by atoms with van der Waals surface area (Å²) in [5.41, 5.74) is 0.585. The Hall–Kier alpha value is -1.85. The van der Waals surface area contributed by atoms with E-state index >= 15 is 0 Å². The van der Waals surface area contributed by atoms with Crippen molar-refractivity contribution in [2.75, 3.05) is 26.7 Å². The number of likely N-dealkylation sites (tertiary alicyclic amines) is 1. The van der Waals surface area contributed by atoms with E-state index in [1.807, 2.05) is 18.2 Å². The fraction of sp³-hybridized carbons (Fsp3) is 0.389. The summed E-state index contributed by atoms with van der Waals surface area (Å²) in [6.45, 7) is 2.83. The van der Waals surface area contributed by atoms with E-state index in [0.29, 0.717) is 17.9 Å². The van der Waals surface area contributed by atoms with Gasteiger partial charge in [-0.15, -0.1) is 11.3 Å². The van der Waals surface area contributed by atoms with Gasteiger partial charge in [-0.1, -0.05) is 18.2 Å². The number of para-hydroxylation sites is 1. The molecule has 1 fully saturated rings. The van der Waals surface area contributed by atoms with Crippen LogP contribution in [-0.4, -0.2) is 37.6 Å². The molecule has 1 atom stereocenters. The lowest BCUT2D eigenvalue weighted by molar-refractivity contribution is 0.0935. The van der Waals surface area contributed by atoms with Crippen LogP contribution in [0.15, 0.2) is 41.8 Å². The van der Waals surface area contributed by atoms with Crippen LogP contribution in [0.1, 0.15) is 34.1 Å². The maximum atomic E-state index is 12.5. The maximum absolute atomic E-state index is 12.5. The van der Waals surface area contributed by atoms with E-state index < -0.39 is 0 Å². The Balaban J connectivity index is 1.70. The van der Waals surface area contributed by atoms with Gasteiger partial charge in [-0.05, 0) is 49.5 Å². The highest BCUT2D eigenvalue weighted by Crippen LogP contribution is 2.28. The average molecular weight is 330 g/mol. The Bertz CT molecular complexity index is 636. The quantitative estimate of drug-likeness (QED) is 0.883. The van der Waals surface area contributed by atoms with Gasteiger partial charge in [-0.2, -0.15) is 0 Å². The predicted octanol–water partition coefficient (Wildman–Crippen LogP) is 3.32. The molecule has 2 aromatic rings. The first kappa shape index (κ1) is 16.0. The Morgan fingerprint density at radius 1 is 1.26 bits per heavy atom. The van der Waals surface area contributed by atoms with Crippen LogP contribution in [0.3, 0.4) is 0 Å². The molecule has 3 rings (SSSR count). The topological polar surface area (TPSA) is 41.6 Å². The van der Waals surface area contributed by atoms with Gasteiger partial charge in [0.25, 0.3) is 5.91 Å². The van der Waals surface area contributed by atoms with E-state index in [1.165, 1.54) is 17.7 Å². The first-order chi connectivity index (χ1) is 11.3. The highest BCUT2D eigenvalue weighted by molar-refractivity contribution is 7.10. The average Bonchev–Trinajstić information content (AvgIpc) is 3.29. The summed E-state index contributed by atoms with van der Waals surface area (Å²) in [7, 11) is 1.59. The zero-order valence-corrected chi connectivity index (χ0v) is 14.1. The van der Waals surface area contributed by atoms with Crippen LogP contribution < -0.4 is 10.1 Å². The first-order valence-corrected chi connectivity index (χ1v) is 8.86. The number of thiophene rings is 1. The van der Waals surface area contributed by atoms with Crippen LogP contribution in [0.25, 0.3) is 0 Å². The summed E-state index contributed by atoms with van der Waals surface area (Å²) in [6.07, 6.45) is 2.48. The maximum Gasteiger partial charge on any atom is 0.255 e. The lowest BCUT2D eigenvalue weighted by Gasteiger charge is -2.27. The normalized spacial score (nSPS) is 16.2. The second kappa shape index (κ2) is 7.62. The number of benzene rings is 1. The zero-order valence-electron chi connectivity index (χ0n) is 13.3. The number of amides is 1.